The summed E-state index contributed by atoms with van der Waals surface area (Å²) in [5, 5.41) is 0. The number of amides is 1. The van der Waals surface area contributed by atoms with E-state index >= 15 is 0 Å². The van der Waals surface area contributed by atoms with Gasteiger partial charge in [0, 0.05) is 16.5 Å². The van der Waals surface area contributed by atoms with Crippen LogP contribution in [0, 0.1) is 5.82 Å². The van der Waals surface area contributed by atoms with Gasteiger partial charge in [0.1, 0.15) is 5.82 Å². The van der Waals surface area contributed by atoms with Crippen molar-refractivity contribution in [2.45, 2.75) is 49.6 Å². The van der Waals surface area contributed by atoms with Gasteiger partial charge in [-0.2, -0.15) is 0 Å². The Kier molecular flexibility index (Phi) is 5.04. The molecule has 0 aliphatic heterocycles. The quantitative estimate of drug-likeness (QED) is 0.531. The summed E-state index contributed by atoms with van der Waals surface area (Å²) in [5.74, 6) is -0.323. The van der Waals surface area contributed by atoms with Crippen LogP contribution in [-0.2, 0) is 11.2 Å². The van der Waals surface area contributed by atoms with Gasteiger partial charge < -0.3 is 4.90 Å². The second-order valence-electron chi connectivity index (χ2n) is 7.28. The maximum Gasteiger partial charge on any atom is 0.233 e. The number of rotatable bonds is 6. The van der Waals surface area contributed by atoms with Gasteiger partial charge >= 0.3 is 0 Å². The summed E-state index contributed by atoms with van der Waals surface area (Å²) in [7, 11) is 0. The number of carbonyl (C=O) groups is 2. The molecule has 0 aromatic heterocycles. The van der Waals surface area contributed by atoms with E-state index in [0.717, 1.165) is 25.7 Å². The highest BCUT2D eigenvalue weighted by molar-refractivity contribution is 8.00. The maximum absolute atomic E-state index is 14.2. The average Bonchev–Trinajstić information content (AvgIpc) is 3.40. The van der Waals surface area contributed by atoms with Gasteiger partial charge in [-0.1, -0.05) is 30.3 Å². The lowest BCUT2D eigenvalue weighted by molar-refractivity contribution is -0.131. The number of ketones is 1. The minimum Gasteiger partial charge on any atom is -0.332 e. The molecule has 2 aromatic carbocycles. The number of halogens is 1. The van der Waals surface area contributed by atoms with Crippen molar-refractivity contribution in [1.82, 2.24) is 4.90 Å². The van der Waals surface area contributed by atoms with Crippen molar-refractivity contribution in [1.29, 1.82) is 0 Å². The maximum atomic E-state index is 14.2. The Balaban J connectivity index is 1.47. The number of carbonyl (C=O) groups excluding carboxylic acids is 2. The third kappa shape index (κ3) is 3.79. The fraction of sp³-hybridized carbons (Fsp3) is 0.364. The summed E-state index contributed by atoms with van der Waals surface area (Å²) in [4.78, 5) is 26.8. The van der Waals surface area contributed by atoms with Gasteiger partial charge in [0.05, 0.1) is 11.8 Å². The summed E-state index contributed by atoms with van der Waals surface area (Å²) >= 11 is 1.21. The first-order valence-electron chi connectivity index (χ1n) is 9.37. The smallest absolute Gasteiger partial charge is 0.233 e. The molecule has 0 N–H and O–H groups in total. The van der Waals surface area contributed by atoms with Crippen LogP contribution in [0.3, 0.4) is 0 Å². The molecule has 2 aromatic rings. The molecule has 2 aliphatic carbocycles. The van der Waals surface area contributed by atoms with Crippen molar-refractivity contribution in [3.05, 3.63) is 65.0 Å². The van der Waals surface area contributed by atoms with E-state index in [1.54, 1.807) is 12.1 Å². The largest absolute Gasteiger partial charge is 0.332 e. The molecule has 0 heterocycles. The van der Waals surface area contributed by atoms with E-state index in [1.807, 2.05) is 17.0 Å². The molecule has 0 spiro atoms. The highest BCUT2D eigenvalue weighted by Gasteiger charge is 2.40. The third-order valence-electron chi connectivity index (χ3n) is 5.35. The Labute approximate surface area is 162 Å². The number of aryl methyl sites for hydroxylation is 1. The fourth-order valence-corrected chi connectivity index (χ4v) is 4.65. The van der Waals surface area contributed by atoms with Crippen molar-refractivity contribution in [3.8, 4) is 0 Å². The molecule has 27 heavy (non-hydrogen) atoms. The predicted octanol–water partition coefficient (Wildman–Crippen LogP) is 4.80. The normalized spacial score (nSPS) is 18.2. The lowest BCUT2D eigenvalue weighted by atomic mass is 10.1. The van der Waals surface area contributed by atoms with Gasteiger partial charge in [-0.15, -0.1) is 11.8 Å². The summed E-state index contributed by atoms with van der Waals surface area (Å²) in [6.45, 7) is 1.41. The summed E-state index contributed by atoms with van der Waals surface area (Å²) in [5.41, 5.74) is 2.95. The second kappa shape index (κ2) is 7.47. The van der Waals surface area contributed by atoms with E-state index < -0.39 is 5.82 Å². The van der Waals surface area contributed by atoms with Crippen molar-refractivity contribution < 1.29 is 14.0 Å². The molecule has 140 valence electrons. The number of thioether (sulfide) groups is 1. The highest BCUT2D eigenvalue weighted by Crippen LogP contribution is 2.42. The molecule has 1 saturated carbocycles. The number of benzene rings is 2. The molecule has 2 aliphatic rings. The van der Waals surface area contributed by atoms with Crippen LogP contribution in [-0.4, -0.2) is 28.4 Å². The Bertz CT molecular complexity index is 894. The van der Waals surface area contributed by atoms with Crippen LogP contribution in [0.4, 0.5) is 4.39 Å². The SMILES string of the molecule is CC(=O)c1ccc(SCC(=O)N(C2CC2)C2CCc3ccccc32)c(F)c1. The first-order valence-corrected chi connectivity index (χ1v) is 10.4. The highest BCUT2D eigenvalue weighted by atomic mass is 32.2. The van der Waals surface area contributed by atoms with Crippen LogP contribution >= 0.6 is 11.8 Å². The van der Waals surface area contributed by atoms with Gasteiger partial charge in [0.15, 0.2) is 5.78 Å². The van der Waals surface area contributed by atoms with Crippen LogP contribution in [0.25, 0.3) is 0 Å². The molecular weight excluding hydrogens is 361 g/mol. The molecule has 5 heteroatoms. The molecule has 1 atom stereocenters. The van der Waals surface area contributed by atoms with Crippen LogP contribution in [0.15, 0.2) is 47.4 Å². The molecule has 4 rings (SSSR count). The zero-order chi connectivity index (χ0) is 19.0. The summed E-state index contributed by atoms with van der Waals surface area (Å²) in [6, 6.07) is 13.3. The second-order valence-corrected chi connectivity index (χ2v) is 8.29. The number of hydrogen-bond acceptors (Lipinski definition) is 3. The van der Waals surface area contributed by atoms with Gasteiger partial charge in [0.25, 0.3) is 0 Å². The molecule has 1 fully saturated rings. The number of Topliss-reactive ketones (excluding diaryl/α,β-unsaturated/α-hetero) is 1. The van der Waals surface area contributed by atoms with E-state index in [2.05, 4.69) is 12.1 Å². The molecule has 3 nitrogen and oxygen atoms in total. The zero-order valence-electron chi connectivity index (χ0n) is 15.3. The van der Waals surface area contributed by atoms with Crippen LogP contribution in [0.1, 0.15) is 53.7 Å². The molecule has 0 bridgehead atoms. The third-order valence-corrected chi connectivity index (χ3v) is 6.39. The molecule has 1 amide bonds. The minimum absolute atomic E-state index is 0.0687. The Morgan fingerprint density at radius 2 is 1.93 bits per heavy atom. The monoisotopic (exact) mass is 383 g/mol. The predicted molar refractivity (Wildman–Crippen MR) is 105 cm³/mol. The van der Waals surface area contributed by atoms with E-state index in [9.17, 15) is 14.0 Å². The lowest BCUT2D eigenvalue weighted by Gasteiger charge is -2.30. The number of nitrogens with zero attached hydrogens (tertiary/aromatic N) is 1. The average molecular weight is 383 g/mol. The van der Waals surface area contributed by atoms with Gasteiger partial charge in [-0.05, 0) is 55.9 Å². The van der Waals surface area contributed by atoms with E-state index in [-0.39, 0.29) is 23.5 Å². The van der Waals surface area contributed by atoms with Crippen molar-refractivity contribution in [2.24, 2.45) is 0 Å². The fourth-order valence-electron chi connectivity index (χ4n) is 3.86. The summed E-state index contributed by atoms with van der Waals surface area (Å²) in [6.07, 6.45) is 4.08. The van der Waals surface area contributed by atoms with E-state index in [0.29, 0.717) is 16.5 Å². The number of hydrogen-bond donors (Lipinski definition) is 0. The Hall–Kier alpha value is -2.14. The molecule has 0 radical (unpaired) electrons. The van der Waals surface area contributed by atoms with Gasteiger partial charge in [-0.3, -0.25) is 9.59 Å². The van der Waals surface area contributed by atoms with Crippen LogP contribution in [0.2, 0.25) is 0 Å². The Morgan fingerprint density at radius 3 is 2.63 bits per heavy atom. The Morgan fingerprint density at radius 1 is 1.15 bits per heavy atom. The van der Waals surface area contributed by atoms with Crippen molar-refractivity contribution in [3.63, 3.8) is 0 Å². The van der Waals surface area contributed by atoms with E-state index in [1.165, 1.54) is 35.9 Å². The van der Waals surface area contributed by atoms with Gasteiger partial charge in [-0.25, -0.2) is 4.39 Å². The first kappa shape index (κ1) is 18.2. The lowest BCUT2D eigenvalue weighted by Crippen LogP contribution is -2.37. The van der Waals surface area contributed by atoms with E-state index in [4.69, 9.17) is 0 Å². The molecule has 0 saturated heterocycles. The van der Waals surface area contributed by atoms with Crippen molar-refractivity contribution >= 4 is 23.5 Å². The number of fused-ring (bicyclic) bond motifs is 1. The summed E-state index contributed by atoms with van der Waals surface area (Å²) < 4.78 is 14.2. The first-order chi connectivity index (χ1) is 13.0. The zero-order valence-corrected chi connectivity index (χ0v) is 16.1. The molecule has 1 unspecified atom stereocenters. The van der Waals surface area contributed by atoms with Crippen molar-refractivity contribution in [2.75, 3.05) is 5.75 Å². The standard InChI is InChI=1S/C22H22FNO2S/c1-14(25)16-7-11-21(19(23)12-16)27-13-22(26)24(17-8-9-17)20-10-6-15-4-2-3-5-18(15)20/h2-5,7,11-12,17,20H,6,8-10,13H2,1H3. The molecular formula is C22H22FNO2S. The topological polar surface area (TPSA) is 37.4 Å². The van der Waals surface area contributed by atoms with Gasteiger partial charge in [0.2, 0.25) is 5.91 Å². The minimum atomic E-state index is -0.440. The van der Waals surface area contributed by atoms with Crippen LogP contribution < -0.4 is 0 Å². The van der Waals surface area contributed by atoms with Crippen LogP contribution in [0.5, 0.6) is 0 Å².